The van der Waals surface area contributed by atoms with Crippen LogP contribution in [0.3, 0.4) is 0 Å². The topological polar surface area (TPSA) is 15.3 Å². The Kier molecular flexibility index (Phi) is 2.94. The molecule has 2 atom stereocenters. The normalized spacial score (nSPS) is 30.2. The highest BCUT2D eigenvalue weighted by molar-refractivity contribution is 5.15. The highest BCUT2D eigenvalue weighted by Gasteiger charge is 2.34. The molecule has 2 heteroatoms. The van der Waals surface area contributed by atoms with E-state index in [1.54, 1.807) is 0 Å². The molecule has 2 heterocycles. The fourth-order valence-corrected chi connectivity index (χ4v) is 3.18. The van der Waals surface area contributed by atoms with E-state index in [9.17, 15) is 0 Å². The van der Waals surface area contributed by atoms with Crippen LogP contribution in [-0.4, -0.2) is 30.6 Å². The molecule has 2 aliphatic rings. The Labute approximate surface area is 97.6 Å². The third-order valence-electron chi connectivity index (χ3n) is 4.02. The van der Waals surface area contributed by atoms with Crippen molar-refractivity contribution in [1.29, 1.82) is 0 Å². The van der Waals surface area contributed by atoms with Gasteiger partial charge in [-0.2, -0.15) is 0 Å². The lowest BCUT2D eigenvalue weighted by molar-refractivity contribution is 0.117. The minimum atomic E-state index is 0.786. The molecule has 3 rings (SSSR count). The van der Waals surface area contributed by atoms with E-state index >= 15 is 0 Å². The van der Waals surface area contributed by atoms with Gasteiger partial charge in [0.25, 0.3) is 0 Å². The maximum Gasteiger partial charge on any atom is 0.0264 e. The van der Waals surface area contributed by atoms with Gasteiger partial charge in [0.1, 0.15) is 0 Å². The fraction of sp³-hybridized carbons (Fsp3) is 0.571. The van der Waals surface area contributed by atoms with Gasteiger partial charge in [0, 0.05) is 19.1 Å². The van der Waals surface area contributed by atoms with Crippen LogP contribution >= 0.6 is 0 Å². The Hall–Kier alpha value is -0.860. The maximum absolute atomic E-state index is 3.54. The first-order valence-corrected chi connectivity index (χ1v) is 6.42. The average molecular weight is 216 g/mol. The van der Waals surface area contributed by atoms with Crippen molar-refractivity contribution < 1.29 is 0 Å². The first-order chi connectivity index (χ1) is 7.93. The first kappa shape index (κ1) is 10.3. The number of nitrogens with one attached hydrogen (secondary N) is 1. The zero-order valence-corrected chi connectivity index (χ0v) is 9.73. The van der Waals surface area contributed by atoms with Crippen molar-refractivity contribution in [2.45, 2.75) is 25.4 Å². The van der Waals surface area contributed by atoms with E-state index in [-0.39, 0.29) is 0 Å². The van der Waals surface area contributed by atoms with Crippen LogP contribution in [0.4, 0.5) is 0 Å². The number of hydrogen-bond acceptors (Lipinski definition) is 2. The van der Waals surface area contributed by atoms with E-state index < -0.39 is 0 Å². The summed E-state index contributed by atoms with van der Waals surface area (Å²) in [6.45, 7) is 4.83. The van der Waals surface area contributed by atoms with Crippen LogP contribution < -0.4 is 5.32 Å². The van der Waals surface area contributed by atoms with Crippen LogP contribution in [0.25, 0.3) is 0 Å². The molecular weight excluding hydrogens is 196 g/mol. The summed E-state index contributed by atoms with van der Waals surface area (Å²) in [7, 11) is 0. The number of fused-ring (bicyclic) bond motifs is 1. The van der Waals surface area contributed by atoms with Gasteiger partial charge in [-0.3, -0.25) is 4.90 Å². The zero-order chi connectivity index (χ0) is 10.8. The van der Waals surface area contributed by atoms with Gasteiger partial charge in [-0.25, -0.2) is 0 Å². The molecule has 0 spiro atoms. The van der Waals surface area contributed by atoms with Crippen molar-refractivity contribution in [3.63, 3.8) is 0 Å². The SMILES string of the molecule is c1ccc(CN2CCCC3CNC[C@H]32)cc1. The van der Waals surface area contributed by atoms with E-state index in [1.165, 1.54) is 38.0 Å². The number of hydrogen-bond donors (Lipinski definition) is 1. The third kappa shape index (κ3) is 2.00. The second-order valence-corrected chi connectivity index (χ2v) is 5.08. The van der Waals surface area contributed by atoms with Gasteiger partial charge < -0.3 is 5.32 Å². The van der Waals surface area contributed by atoms with Gasteiger partial charge in [0.2, 0.25) is 0 Å². The summed E-state index contributed by atoms with van der Waals surface area (Å²) in [5, 5.41) is 3.54. The van der Waals surface area contributed by atoms with Crippen LogP contribution in [0.15, 0.2) is 30.3 Å². The minimum Gasteiger partial charge on any atom is -0.315 e. The van der Waals surface area contributed by atoms with Crippen molar-refractivity contribution in [3.05, 3.63) is 35.9 Å². The lowest BCUT2D eigenvalue weighted by Crippen LogP contribution is -2.44. The Balaban J connectivity index is 1.70. The van der Waals surface area contributed by atoms with Gasteiger partial charge in [-0.05, 0) is 37.4 Å². The number of nitrogens with zero attached hydrogens (tertiary/aromatic N) is 1. The lowest BCUT2D eigenvalue weighted by Gasteiger charge is -2.37. The van der Waals surface area contributed by atoms with E-state index in [4.69, 9.17) is 0 Å². The quantitative estimate of drug-likeness (QED) is 0.812. The molecule has 0 amide bonds. The van der Waals surface area contributed by atoms with Crippen molar-refractivity contribution >= 4 is 0 Å². The molecule has 16 heavy (non-hydrogen) atoms. The van der Waals surface area contributed by atoms with Crippen molar-refractivity contribution in [2.24, 2.45) is 5.92 Å². The van der Waals surface area contributed by atoms with Crippen LogP contribution in [-0.2, 0) is 6.54 Å². The van der Waals surface area contributed by atoms with Crippen LogP contribution in [0.1, 0.15) is 18.4 Å². The summed E-state index contributed by atoms with van der Waals surface area (Å²) >= 11 is 0. The molecule has 86 valence electrons. The smallest absolute Gasteiger partial charge is 0.0264 e. The Morgan fingerprint density at radius 1 is 1.19 bits per heavy atom. The Bertz CT molecular complexity index is 336. The van der Waals surface area contributed by atoms with Gasteiger partial charge in [0.15, 0.2) is 0 Å². The molecule has 0 aromatic heterocycles. The van der Waals surface area contributed by atoms with Gasteiger partial charge in [-0.15, -0.1) is 0 Å². The van der Waals surface area contributed by atoms with Crippen LogP contribution in [0.2, 0.25) is 0 Å². The molecule has 1 unspecified atom stereocenters. The molecule has 1 aromatic carbocycles. The Morgan fingerprint density at radius 2 is 2.06 bits per heavy atom. The van der Waals surface area contributed by atoms with Crippen LogP contribution in [0, 0.1) is 5.92 Å². The van der Waals surface area contributed by atoms with E-state index in [1.807, 2.05) is 0 Å². The summed E-state index contributed by atoms with van der Waals surface area (Å²) in [4.78, 5) is 2.67. The molecule has 2 nitrogen and oxygen atoms in total. The van der Waals surface area contributed by atoms with Gasteiger partial charge in [-0.1, -0.05) is 30.3 Å². The van der Waals surface area contributed by atoms with Crippen molar-refractivity contribution in [3.8, 4) is 0 Å². The molecule has 0 saturated carbocycles. The molecule has 2 fully saturated rings. The van der Waals surface area contributed by atoms with E-state index in [2.05, 4.69) is 40.5 Å². The number of rotatable bonds is 2. The summed E-state index contributed by atoms with van der Waals surface area (Å²) in [5.74, 6) is 0.900. The highest BCUT2D eigenvalue weighted by atomic mass is 15.2. The average Bonchev–Trinajstić information content (AvgIpc) is 2.80. The molecule has 1 aromatic rings. The lowest BCUT2D eigenvalue weighted by atomic mass is 9.92. The Morgan fingerprint density at radius 3 is 2.94 bits per heavy atom. The minimum absolute atomic E-state index is 0.786. The van der Waals surface area contributed by atoms with Crippen LogP contribution in [0.5, 0.6) is 0 Å². The molecule has 0 bridgehead atoms. The van der Waals surface area contributed by atoms with Gasteiger partial charge in [0.05, 0.1) is 0 Å². The second-order valence-electron chi connectivity index (χ2n) is 5.08. The van der Waals surface area contributed by atoms with Crippen molar-refractivity contribution in [1.82, 2.24) is 10.2 Å². The third-order valence-corrected chi connectivity index (χ3v) is 4.02. The summed E-state index contributed by atoms with van der Waals surface area (Å²) in [6.07, 6.45) is 2.79. The summed E-state index contributed by atoms with van der Waals surface area (Å²) < 4.78 is 0. The highest BCUT2D eigenvalue weighted by Crippen LogP contribution is 2.27. The fourth-order valence-electron chi connectivity index (χ4n) is 3.18. The molecule has 1 N–H and O–H groups in total. The maximum atomic E-state index is 3.54. The van der Waals surface area contributed by atoms with Gasteiger partial charge >= 0.3 is 0 Å². The monoisotopic (exact) mass is 216 g/mol. The summed E-state index contributed by atoms with van der Waals surface area (Å²) in [6, 6.07) is 11.7. The second kappa shape index (κ2) is 4.56. The summed E-state index contributed by atoms with van der Waals surface area (Å²) in [5.41, 5.74) is 1.45. The molecule has 0 radical (unpaired) electrons. The van der Waals surface area contributed by atoms with E-state index in [0.29, 0.717) is 0 Å². The first-order valence-electron chi connectivity index (χ1n) is 6.42. The van der Waals surface area contributed by atoms with Crippen molar-refractivity contribution in [2.75, 3.05) is 19.6 Å². The molecule has 0 aliphatic carbocycles. The zero-order valence-electron chi connectivity index (χ0n) is 9.73. The number of benzene rings is 1. The molecule has 2 saturated heterocycles. The molecule has 2 aliphatic heterocycles. The standard InChI is InChI=1S/C14H20N2/c1-2-5-12(6-3-1)11-16-8-4-7-13-9-15-10-14(13)16/h1-3,5-6,13-15H,4,7-11H2/t13?,14-/m1/s1. The predicted molar refractivity (Wildman–Crippen MR) is 66.2 cm³/mol. The van der Waals surface area contributed by atoms with E-state index in [0.717, 1.165) is 18.5 Å². The predicted octanol–water partition coefficient (Wildman–Crippen LogP) is 1.87. The number of likely N-dealkylation sites (tertiary alicyclic amines) is 1. The number of piperidine rings is 1. The molecular formula is C14H20N2. The largest absolute Gasteiger partial charge is 0.315 e.